The van der Waals surface area contributed by atoms with Crippen molar-refractivity contribution in [3.63, 3.8) is 0 Å². The molecule has 0 radical (unpaired) electrons. The molecule has 2 aromatic heterocycles. The van der Waals surface area contributed by atoms with Crippen LogP contribution in [0.5, 0.6) is 0 Å². The summed E-state index contributed by atoms with van der Waals surface area (Å²) in [4.78, 5) is 20.6. The van der Waals surface area contributed by atoms with E-state index in [0.29, 0.717) is 26.1 Å². The van der Waals surface area contributed by atoms with Crippen molar-refractivity contribution >= 4 is 22.2 Å². The van der Waals surface area contributed by atoms with E-state index in [1.807, 2.05) is 35.0 Å². The molecule has 0 aliphatic carbocycles. The number of carbonyl (C=O) groups is 1. The second-order valence-corrected chi connectivity index (χ2v) is 9.92. The zero-order valence-electron chi connectivity index (χ0n) is 19.8. The average Bonchev–Trinajstić information content (AvgIpc) is 3.60. The van der Waals surface area contributed by atoms with E-state index in [9.17, 15) is 18.0 Å². The number of ether oxygens (including phenoxy) is 1. The number of hydrogen-bond donors (Lipinski definition) is 0. The number of halogens is 3. The number of amides is 1. The van der Waals surface area contributed by atoms with Gasteiger partial charge in [0, 0.05) is 54.5 Å². The molecule has 5 rings (SSSR count). The van der Waals surface area contributed by atoms with Crippen LogP contribution in [0.4, 0.5) is 13.2 Å². The van der Waals surface area contributed by atoms with Crippen LogP contribution in [0.3, 0.4) is 0 Å². The van der Waals surface area contributed by atoms with Gasteiger partial charge >= 0.3 is 6.18 Å². The summed E-state index contributed by atoms with van der Waals surface area (Å²) in [5, 5.41) is 2.04. The second-order valence-electron chi connectivity index (χ2n) is 9.08. The van der Waals surface area contributed by atoms with Gasteiger partial charge < -0.3 is 9.64 Å². The lowest BCUT2D eigenvalue weighted by Gasteiger charge is -2.25. The number of carbonyl (C=O) groups excluding carboxylic acids is 1. The maximum Gasteiger partial charge on any atom is 0.416 e. The van der Waals surface area contributed by atoms with Crippen LogP contribution in [0.1, 0.15) is 40.0 Å². The Morgan fingerprint density at radius 3 is 2.58 bits per heavy atom. The van der Waals surface area contributed by atoms with Crippen molar-refractivity contribution in [2.75, 3.05) is 19.7 Å². The van der Waals surface area contributed by atoms with E-state index < -0.39 is 11.7 Å². The monoisotopic (exact) mass is 513 g/mol. The van der Waals surface area contributed by atoms with E-state index >= 15 is 0 Å². The molecule has 1 unspecified atom stereocenters. The molecule has 0 spiro atoms. The first-order chi connectivity index (χ1) is 17.3. The van der Waals surface area contributed by atoms with Crippen molar-refractivity contribution in [3.8, 4) is 11.3 Å². The summed E-state index contributed by atoms with van der Waals surface area (Å²) in [6, 6.07) is 12.6. The van der Waals surface area contributed by atoms with E-state index in [2.05, 4.69) is 12.1 Å². The van der Waals surface area contributed by atoms with Gasteiger partial charge in [0.2, 0.25) is 0 Å². The quantitative estimate of drug-likeness (QED) is 0.293. The van der Waals surface area contributed by atoms with Gasteiger partial charge in [0.25, 0.3) is 5.91 Å². The van der Waals surface area contributed by atoms with Crippen LogP contribution in [0.2, 0.25) is 0 Å². The van der Waals surface area contributed by atoms with Gasteiger partial charge in [0.05, 0.1) is 17.4 Å². The van der Waals surface area contributed by atoms with Gasteiger partial charge in [0.15, 0.2) is 4.96 Å². The molecule has 2 aromatic carbocycles. The number of rotatable bonds is 7. The molecule has 36 heavy (non-hydrogen) atoms. The third kappa shape index (κ3) is 5.32. The number of imidazole rings is 1. The number of fused-ring (bicyclic) bond motifs is 1. The molecule has 1 aliphatic heterocycles. The fourth-order valence-electron chi connectivity index (χ4n) is 4.42. The number of benzene rings is 2. The van der Waals surface area contributed by atoms with Crippen molar-refractivity contribution in [1.29, 1.82) is 0 Å². The fourth-order valence-corrected chi connectivity index (χ4v) is 5.32. The van der Waals surface area contributed by atoms with Crippen molar-refractivity contribution < 1.29 is 22.7 Å². The van der Waals surface area contributed by atoms with E-state index in [1.54, 1.807) is 16.2 Å². The fraction of sp³-hybridized carbons (Fsp3) is 0.333. The molecule has 4 aromatic rings. The molecule has 3 heterocycles. The van der Waals surface area contributed by atoms with Gasteiger partial charge in [-0.25, -0.2) is 4.98 Å². The number of hydrogen-bond acceptors (Lipinski definition) is 4. The topological polar surface area (TPSA) is 46.8 Å². The molecule has 1 atom stereocenters. The van der Waals surface area contributed by atoms with Crippen molar-refractivity contribution in [3.05, 3.63) is 82.5 Å². The molecule has 1 amide bonds. The summed E-state index contributed by atoms with van der Waals surface area (Å²) in [6.07, 6.45) is -0.106. The minimum Gasteiger partial charge on any atom is -0.376 e. The van der Waals surface area contributed by atoms with Gasteiger partial charge in [-0.05, 0) is 44.0 Å². The Bertz CT molecular complexity index is 1340. The third-order valence-electron chi connectivity index (χ3n) is 6.46. The van der Waals surface area contributed by atoms with Gasteiger partial charge in [-0.2, -0.15) is 13.2 Å². The van der Waals surface area contributed by atoms with Crippen LogP contribution in [0.15, 0.2) is 60.1 Å². The highest BCUT2D eigenvalue weighted by Gasteiger charge is 2.31. The largest absolute Gasteiger partial charge is 0.416 e. The lowest BCUT2D eigenvalue weighted by Crippen LogP contribution is -2.39. The minimum atomic E-state index is -4.44. The predicted molar refractivity (Wildman–Crippen MR) is 133 cm³/mol. The van der Waals surface area contributed by atoms with Crippen LogP contribution in [-0.4, -0.2) is 46.0 Å². The van der Waals surface area contributed by atoms with Gasteiger partial charge in [-0.1, -0.05) is 29.8 Å². The number of alkyl halides is 3. The molecular weight excluding hydrogens is 487 g/mol. The minimum absolute atomic E-state index is 0.0627. The Morgan fingerprint density at radius 2 is 1.92 bits per heavy atom. The van der Waals surface area contributed by atoms with E-state index in [-0.39, 0.29) is 17.6 Å². The second kappa shape index (κ2) is 10.1. The SMILES string of the molecule is Cc1ccc(-c2cn3c(CCN(CC4CCCO4)C(=O)c4ccc(C(F)(F)F)cc4)csc3n2)cc1. The number of aromatic nitrogens is 2. The predicted octanol–water partition coefficient (Wildman–Crippen LogP) is 6.25. The molecule has 188 valence electrons. The molecule has 0 bridgehead atoms. The summed E-state index contributed by atoms with van der Waals surface area (Å²) >= 11 is 1.54. The Hall–Kier alpha value is -3.17. The number of nitrogens with zero attached hydrogens (tertiary/aromatic N) is 3. The molecule has 5 nitrogen and oxygen atoms in total. The van der Waals surface area contributed by atoms with Crippen LogP contribution < -0.4 is 0 Å². The first-order valence-corrected chi connectivity index (χ1v) is 12.8. The third-order valence-corrected chi connectivity index (χ3v) is 7.35. The molecule has 0 saturated carbocycles. The van der Waals surface area contributed by atoms with Crippen molar-refractivity contribution in [2.24, 2.45) is 0 Å². The smallest absolute Gasteiger partial charge is 0.376 e. The maximum absolute atomic E-state index is 13.3. The molecule has 1 fully saturated rings. The zero-order valence-corrected chi connectivity index (χ0v) is 20.6. The summed E-state index contributed by atoms with van der Waals surface area (Å²) in [5.41, 5.74) is 3.61. The highest BCUT2D eigenvalue weighted by molar-refractivity contribution is 7.15. The highest BCUT2D eigenvalue weighted by atomic mass is 32.1. The molecular formula is C27H26F3N3O2S. The summed E-state index contributed by atoms with van der Waals surface area (Å²) in [6.45, 7) is 3.53. The molecule has 9 heteroatoms. The standard InChI is InChI=1S/C27H26F3N3O2S/c1-18-4-6-19(7-5-18)24-16-33-22(17-36-26(33)31-24)12-13-32(15-23-3-2-14-35-23)25(34)20-8-10-21(11-9-20)27(28,29)30/h4-11,16-17,23H,2-3,12-15H2,1H3. The Balaban J connectivity index is 1.34. The Labute approximate surface area is 211 Å². The molecule has 1 aliphatic rings. The van der Waals surface area contributed by atoms with Gasteiger partial charge in [-0.3, -0.25) is 9.20 Å². The van der Waals surface area contributed by atoms with Crippen LogP contribution in [0, 0.1) is 6.92 Å². The maximum atomic E-state index is 13.3. The van der Waals surface area contributed by atoms with Gasteiger partial charge in [-0.15, -0.1) is 11.3 Å². The van der Waals surface area contributed by atoms with Crippen molar-refractivity contribution in [1.82, 2.24) is 14.3 Å². The van der Waals surface area contributed by atoms with E-state index in [1.165, 1.54) is 17.7 Å². The molecule has 1 saturated heterocycles. The number of thiazole rings is 1. The number of aryl methyl sites for hydroxylation is 1. The summed E-state index contributed by atoms with van der Waals surface area (Å²) in [5.74, 6) is -0.295. The van der Waals surface area contributed by atoms with Crippen LogP contribution in [-0.2, 0) is 17.3 Å². The normalized spacial score (nSPS) is 16.1. The zero-order chi connectivity index (χ0) is 25.3. The van der Waals surface area contributed by atoms with E-state index in [0.717, 1.165) is 46.9 Å². The van der Waals surface area contributed by atoms with Crippen LogP contribution in [0.25, 0.3) is 16.2 Å². The lowest BCUT2D eigenvalue weighted by atomic mass is 10.1. The van der Waals surface area contributed by atoms with Gasteiger partial charge in [0.1, 0.15) is 0 Å². The Morgan fingerprint density at radius 1 is 1.17 bits per heavy atom. The first-order valence-electron chi connectivity index (χ1n) is 11.9. The summed E-state index contributed by atoms with van der Waals surface area (Å²) < 4.78 is 46.7. The summed E-state index contributed by atoms with van der Waals surface area (Å²) in [7, 11) is 0. The van der Waals surface area contributed by atoms with Crippen LogP contribution >= 0.6 is 11.3 Å². The first kappa shape index (κ1) is 24.5. The Kier molecular flexibility index (Phi) is 6.85. The average molecular weight is 514 g/mol. The lowest BCUT2D eigenvalue weighted by molar-refractivity contribution is -0.137. The highest BCUT2D eigenvalue weighted by Crippen LogP contribution is 2.29. The molecule has 0 N–H and O–H groups in total. The van der Waals surface area contributed by atoms with E-state index in [4.69, 9.17) is 9.72 Å². The van der Waals surface area contributed by atoms with Crippen molar-refractivity contribution in [2.45, 2.75) is 38.5 Å².